The largest absolute Gasteiger partial charge is 0.481 e. The molecule has 0 radical (unpaired) electrons. The Bertz CT molecular complexity index is 498. The molecule has 0 aromatic heterocycles. The zero-order chi connectivity index (χ0) is 15.8. The summed E-state index contributed by atoms with van der Waals surface area (Å²) >= 11 is 0. The molecular weight excluding hydrogens is 278 g/mol. The maximum absolute atomic E-state index is 12.3. The first-order valence-electron chi connectivity index (χ1n) is 6.86. The average molecular weight is 297 g/mol. The maximum Gasteiger partial charge on any atom is 0.318 e. The molecule has 1 saturated heterocycles. The number of imide groups is 1. The lowest BCUT2D eigenvalue weighted by Crippen LogP contribution is -2.67. The Morgan fingerprint density at radius 1 is 1.43 bits per heavy atom. The molecule has 4 amide bonds. The fraction of sp³-hybridized carbons (Fsp3) is 0.692. The minimum atomic E-state index is -1.16. The number of urea groups is 1. The highest BCUT2D eigenvalue weighted by Gasteiger charge is 2.45. The summed E-state index contributed by atoms with van der Waals surface area (Å²) in [6, 6.07) is -1.05. The van der Waals surface area contributed by atoms with E-state index < -0.39 is 35.4 Å². The summed E-state index contributed by atoms with van der Waals surface area (Å²) in [6.45, 7) is 2.85. The zero-order valence-electron chi connectivity index (χ0n) is 12.0. The van der Waals surface area contributed by atoms with Crippen LogP contribution >= 0.6 is 0 Å². The van der Waals surface area contributed by atoms with E-state index in [1.165, 1.54) is 13.8 Å². The molecule has 2 fully saturated rings. The van der Waals surface area contributed by atoms with Gasteiger partial charge in [0, 0.05) is 6.04 Å². The van der Waals surface area contributed by atoms with Gasteiger partial charge in [0.2, 0.25) is 5.91 Å². The van der Waals surface area contributed by atoms with Crippen LogP contribution in [0.3, 0.4) is 0 Å². The van der Waals surface area contributed by atoms with Crippen molar-refractivity contribution in [1.29, 1.82) is 0 Å². The number of hydrogen-bond acceptors (Lipinski definition) is 4. The van der Waals surface area contributed by atoms with Crippen LogP contribution in [0.4, 0.5) is 4.79 Å². The molecule has 1 aliphatic heterocycles. The average Bonchev–Trinajstić information content (AvgIpc) is 3.16. The van der Waals surface area contributed by atoms with E-state index in [0.29, 0.717) is 0 Å². The summed E-state index contributed by atoms with van der Waals surface area (Å²) in [5, 5.41) is 13.7. The minimum Gasteiger partial charge on any atom is -0.481 e. The van der Waals surface area contributed by atoms with Gasteiger partial charge in [-0.25, -0.2) is 4.79 Å². The molecule has 2 aliphatic rings. The molecule has 1 heterocycles. The number of carboxylic acids is 1. The van der Waals surface area contributed by atoms with E-state index in [1.54, 1.807) is 0 Å². The first-order chi connectivity index (χ1) is 9.71. The van der Waals surface area contributed by atoms with Crippen LogP contribution < -0.4 is 10.6 Å². The molecule has 1 unspecified atom stereocenters. The minimum absolute atomic E-state index is 0.155. The van der Waals surface area contributed by atoms with Crippen molar-refractivity contribution >= 4 is 23.8 Å². The Morgan fingerprint density at radius 3 is 2.57 bits per heavy atom. The van der Waals surface area contributed by atoms with Crippen molar-refractivity contribution in [3.63, 3.8) is 0 Å². The van der Waals surface area contributed by atoms with Gasteiger partial charge in [-0.3, -0.25) is 19.7 Å². The second-order valence-electron chi connectivity index (χ2n) is 6.01. The summed E-state index contributed by atoms with van der Waals surface area (Å²) in [5.74, 6) is -1.92. The fourth-order valence-electron chi connectivity index (χ4n) is 2.37. The highest BCUT2D eigenvalue weighted by atomic mass is 16.4. The smallest absolute Gasteiger partial charge is 0.318 e. The zero-order valence-corrected chi connectivity index (χ0v) is 12.0. The molecule has 8 heteroatoms. The van der Waals surface area contributed by atoms with Gasteiger partial charge in [0.15, 0.2) is 0 Å². The number of carbonyl (C=O) groups is 4. The van der Waals surface area contributed by atoms with Crippen molar-refractivity contribution in [2.24, 2.45) is 5.92 Å². The number of hydrogen-bond donors (Lipinski definition) is 3. The lowest BCUT2D eigenvalue weighted by Gasteiger charge is -2.40. The molecule has 1 aliphatic carbocycles. The van der Waals surface area contributed by atoms with Gasteiger partial charge in [0.05, 0.1) is 6.42 Å². The van der Waals surface area contributed by atoms with Crippen molar-refractivity contribution in [3.8, 4) is 0 Å². The van der Waals surface area contributed by atoms with Gasteiger partial charge in [0.1, 0.15) is 12.1 Å². The predicted molar refractivity (Wildman–Crippen MR) is 71.2 cm³/mol. The highest BCUT2D eigenvalue weighted by molar-refractivity contribution is 6.06. The van der Waals surface area contributed by atoms with E-state index >= 15 is 0 Å². The Labute approximate surface area is 121 Å². The monoisotopic (exact) mass is 297 g/mol. The number of aliphatic carboxylic acids is 1. The summed E-state index contributed by atoms with van der Waals surface area (Å²) in [5.41, 5.74) is -1.16. The van der Waals surface area contributed by atoms with Crippen molar-refractivity contribution < 1.29 is 24.3 Å². The summed E-state index contributed by atoms with van der Waals surface area (Å²) in [4.78, 5) is 47.6. The van der Waals surface area contributed by atoms with E-state index in [0.717, 1.165) is 17.7 Å². The SMILES string of the molecule is CC1(C)C(=O)NC(=O)CN1C(=O)NC(CC(=O)O)C1CC1. The highest BCUT2D eigenvalue weighted by Crippen LogP contribution is 2.34. The normalized spacial score (nSPS) is 22.5. The maximum atomic E-state index is 12.3. The number of amides is 4. The van der Waals surface area contributed by atoms with Gasteiger partial charge < -0.3 is 15.3 Å². The van der Waals surface area contributed by atoms with Gasteiger partial charge in [-0.2, -0.15) is 0 Å². The topological polar surface area (TPSA) is 116 Å². The van der Waals surface area contributed by atoms with Gasteiger partial charge >= 0.3 is 12.0 Å². The lowest BCUT2D eigenvalue weighted by molar-refractivity contribution is -0.143. The van der Waals surface area contributed by atoms with Gasteiger partial charge in [-0.15, -0.1) is 0 Å². The summed E-state index contributed by atoms with van der Waals surface area (Å²) in [7, 11) is 0. The van der Waals surface area contributed by atoms with Crippen LogP contribution in [0.1, 0.15) is 33.1 Å². The van der Waals surface area contributed by atoms with Gasteiger partial charge in [-0.05, 0) is 32.6 Å². The van der Waals surface area contributed by atoms with Crippen LogP contribution in [0.2, 0.25) is 0 Å². The molecule has 116 valence electrons. The molecule has 0 aromatic carbocycles. The van der Waals surface area contributed by atoms with Crippen LogP contribution in [0.5, 0.6) is 0 Å². The van der Waals surface area contributed by atoms with Crippen LogP contribution in [0.25, 0.3) is 0 Å². The third-order valence-electron chi connectivity index (χ3n) is 3.92. The number of nitrogens with one attached hydrogen (secondary N) is 2. The third-order valence-corrected chi connectivity index (χ3v) is 3.92. The van der Waals surface area contributed by atoms with Crippen LogP contribution in [0, 0.1) is 5.92 Å². The first-order valence-corrected chi connectivity index (χ1v) is 6.86. The predicted octanol–water partition coefficient (Wildman–Crippen LogP) is -0.314. The van der Waals surface area contributed by atoms with Crippen molar-refractivity contribution in [2.75, 3.05) is 6.54 Å². The number of nitrogens with zero attached hydrogens (tertiary/aromatic N) is 1. The Kier molecular flexibility index (Phi) is 3.89. The standard InChI is InChI=1S/C13H19N3O5/c1-13(2)11(20)15-9(17)6-16(13)12(21)14-8(5-10(18)19)7-3-4-7/h7-8H,3-6H2,1-2H3,(H,14,21)(H,18,19)(H,15,17,20). The van der Waals surface area contributed by atoms with Crippen LogP contribution in [-0.2, 0) is 14.4 Å². The van der Waals surface area contributed by atoms with Crippen LogP contribution in [-0.4, -0.2) is 51.9 Å². The number of carbonyl (C=O) groups excluding carboxylic acids is 3. The van der Waals surface area contributed by atoms with E-state index in [2.05, 4.69) is 10.6 Å². The Balaban J connectivity index is 2.08. The van der Waals surface area contributed by atoms with Crippen LogP contribution in [0.15, 0.2) is 0 Å². The van der Waals surface area contributed by atoms with Crippen molar-refractivity contribution in [1.82, 2.24) is 15.5 Å². The number of piperazine rings is 1. The quantitative estimate of drug-likeness (QED) is 0.615. The van der Waals surface area contributed by atoms with E-state index in [4.69, 9.17) is 5.11 Å². The summed E-state index contributed by atoms with van der Waals surface area (Å²) in [6.07, 6.45) is 1.59. The first kappa shape index (κ1) is 15.3. The Hall–Kier alpha value is -2.12. The summed E-state index contributed by atoms with van der Waals surface area (Å²) < 4.78 is 0. The second-order valence-corrected chi connectivity index (χ2v) is 6.01. The molecular formula is C13H19N3O5. The molecule has 0 aromatic rings. The fourth-order valence-corrected chi connectivity index (χ4v) is 2.37. The van der Waals surface area contributed by atoms with E-state index in [9.17, 15) is 19.2 Å². The molecule has 8 nitrogen and oxygen atoms in total. The van der Waals surface area contributed by atoms with Gasteiger partial charge in [0.25, 0.3) is 5.91 Å². The molecule has 0 spiro atoms. The second kappa shape index (κ2) is 5.34. The molecule has 1 saturated carbocycles. The molecule has 3 N–H and O–H groups in total. The molecule has 1 atom stereocenters. The van der Waals surface area contributed by atoms with E-state index in [-0.39, 0.29) is 18.9 Å². The number of carboxylic acid groups (broad SMARTS) is 1. The third kappa shape index (κ3) is 3.32. The molecule has 21 heavy (non-hydrogen) atoms. The number of rotatable bonds is 4. The molecule has 0 bridgehead atoms. The van der Waals surface area contributed by atoms with E-state index in [1.807, 2.05) is 0 Å². The van der Waals surface area contributed by atoms with Crippen molar-refractivity contribution in [3.05, 3.63) is 0 Å². The lowest BCUT2D eigenvalue weighted by atomic mass is 9.99. The van der Waals surface area contributed by atoms with Crippen molar-refractivity contribution in [2.45, 2.75) is 44.7 Å². The Morgan fingerprint density at radius 2 is 2.05 bits per heavy atom. The van der Waals surface area contributed by atoms with Gasteiger partial charge in [-0.1, -0.05) is 0 Å². The molecule has 2 rings (SSSR count).